The van der Waals surface area contributed by atoms with E-state index < -0.39 is 0 Å². The third-order valence-electron chi connectivity index (χ3n) is 4.16. The van der Waals surface area contributed by atoms with E-state index in [0.29, 0.717) is 20.7 Å². The maximum absolute atomic E-state index is 13.0. The van der Waals surface area contributed by atoms with Crippen LogP contribution < -0.4 is 14.4 Å². The molecule has 0 atom stereocenters. The number of hydrogen-bond acceptors (Lipinski definition) is 5. The summed E-state index contributed by atoms with van der Waals surface area (Å²) in [5.41, 5.74) is 3.76. The van der Waals surface area contributed by atoms with Crippen LogP contribution in [-0.2, 0) is 4.79 Å². The van der Waals surface area contributed by atoms with Crippen molar-refractivity contribution in [3.8, 4) is 11.5 Å². The number of amides is 1. The predicted octanol–water partition coefficient (Wildman–Crippen LogP) is 4.73. The molecular weight excluding hydrogens is 366 g/mol. The summed E-state index contributed by atoms with van der Waals surface area (Å²) >= 11 is 6.79. The Hall–Kier alpha value is -2.31. The van der Waals surface area contributed by atoms with Crippen LogP contribution in [0, 0.1) is 13.8 Å². The van der Waals surface area contributed by atoms with E-state index in [2.05, 4.69) is 0 Å². The second-order valence-corrected chi connectivity index (χ2v) is 7.55. The van der Waals surface area contributed by atoms with Crippen molar-refractivity contribution in [2.75, 3.05) is 19.1 Å². The molecule has 0 saturated carbocycles. The molecule has 1 amide bonds. The first-order valence-electron chi connectivity index (χ1n) is 8.02. The number of carbonyl (C=O) groups is 1. The zero-order valence-corrected chi connectivity index (χ0v) is 16.7. The van der Waals surface area contributed by atoms with Crippen LogP contribution in [0.5, 0.6) is 11.5 Å². The van der Waals surface area contributed by atoms with Gasteiger partial charge in [0.1, 0.15) is 0 Å². The van der Waals surface area contributed by atoms with Crippen LogP contribution in [0.25, 0.3) is 6.08 Å². The Kier molecular flexibility index (Phi) is 5.34. The van der Waals surface area contributed by atoms with E-state index >= 15 is 0 Å². The number of carbonyl (C=O) groups excluding carboxylic acids is 1. The Balaban J connectivity index is 1.98. The van der Waals surface area contributed by atoms with Crippen molar-refractivity contribution in [2.45, 2.75) is 13.8 Å². The van der Waals surface area contributed by atoms with Gasteiger partial charge in [-0.2, -0.15) is 0 Å². The summed E-state index contributed by atoms with van der Waals surface area (Å²) in [4.78, 5) is 15.2. The monoisotopic (exact) mass is 385 g/mol. The fourth-order valence-electron chi connectivity index (χ4n) is 2.91. The van der Waals surface area contributed by atoms with Crippen LogP contribution in [0.3, 0.4) is 0 Å². The molecule has 1 fully saturated rings. The molecule has 0 unspecified atom stereocenters. The van der Waals surface area contributed by atoms with Crippen molar-refractivity contribution in [1.82, 2.24) is 0 Å². The Bertz CT molecular complexity index is 901. The lowest BCUT2D eigenvalue weighted by Gasteiger charge is -2.19. The molecule has 1 aliphatic rings. The first-order valence-corrected chi connectivity index (χ1v) is 9.25. The second-order valence-electron chi connectivity index (χ2n) is 5.87. The molecule has 3 rings (SSSR count). The SMILES string of the molecule is COc1ccc(/C=C2\SC(=S)N(c3c(C)cccc3C)C2=O)cc1OC. The van der Waals surface area contributed by atoms with Crippen LogP contribution in [0.2, 0.25) is 0 Å². The van der Waals surface area contributed by atoms with Gasteiger partial charge in [0.2, 0.25) is 0 Å². The number of anilines is 1. The van der Waals surface area contributed by atoms with E-state index in [-0.39, 0.29) is 5.91 Å². The van der Waals surface area contributed by atoms with Crippen LogP contribution in [0.4, 0.5) is 5.69 Å². The van der Waals surface area contributed by atoms with Gasteiger partial charge in [0.25, 0.3) is 5.91 Å². The van der Waals surface area contributed by atoms with E-state index in [1.807, 2.05) is 56.3 Å². The van der Waals surface area contributed by atoms with Gasteiger partial charge in [-0.3, -0.25) is 9.69 Å². The molecule has 0 N–H and O–H groups in total. The molecular formula is C20H19NO3S2. The van der Waals surface area contributed by atoms with Gasteiger partial charge >= 0.3 is 0 Å². The van der Waals surface area contributed by atoms with Crippen LogP contribution in [0.1, 0.15) is 16.7 Å². The maximum atomic E-state index is 13.0. The quantitative estimate of drug-likeness (QED) is 0.562. The summed E-state index contributed by atoms with van der Waals surface area (Å²) in [6, 6.07) is 11.5. The number of nitrogens with zero attached hydrogens (tertiary/aromatic N) is 1. The highest BCUT2D eigenvalue weighted by molar-refractivity contribution is 8.27. The molecule has 6 heteroatoms. The lowest BCUT2D eigenvalue weighted by atomic mass is 10.1. The molecule has 0 bridgehead atoms. The van der Waals surface area contributed by atoms with E-state index in [1.165, 1.54) is 11.8 Å². The highest BCUT2D eigenvalue weighted by Gasteiger charge is 2.34. The third kappa shape index (κ3) is 3.34. The van der Waals surface area contributed by atoms with Crippen molar-refractivity contribution < 1.29 is 14.3 Å². The average Bonchev–Trinajstić information content (AvgIpc) is 2.89. The number of aryl methyl sites for hydroxylation is 2. The minimum atomic E-state index is -0.104. The normalized spacial score (nSPS) is 15.7. The number of hydrogen-bond donors (Lipinski definition) is 0. The number of thioether (sulfide) groups is 1. The van der Waals surface area contributed by atoms with E-state index in [4.69, 9.17) is 21.7 Å². The van der Waals surface area contributed by atoms with Crippen LogP contribution in [0.15, 0.2) is 41.3 Å². The van der Waals surface area contributed by atoms with Gasteiger partial charge in [-0.05, 0) is 48.7 Å². The number of benzene rings is 2. The van der Waals surface area contributed by atoms with Gasteiger partial charge in [0.15, 0.2) is 15.8 Å². The highest BCUT2D eigenvalue weighted by Crippen LogP contribution is 2.39. The van der Waals surface area contributed by atoms with E-state index in [1.54, 1.807) is 19.1 Å². The van der Waals surface area contributed by atoms with Crippen molar-refractivity contribution in [3.05, 3.63) is 58.0 Å². The van der Waals surface area contributed by atoms with Gasteiger partial charge < -0.3 is 9.47 Å². The first kappa shape index (κ1) is 18.5. The van der Waals surface area contributed by atoms with Crippen molar-refractivity contribution in [1.29, 1.82) is 0 Å². The van der Waals surface area contributed by atoms with Crippen molar-refractivity contribution in [3.63, 3.8) is 0 Å². The molecule has 1 aliphatic heterocycles. The van der Waals surface area contributed by atoms with Crippen LogP contribution in [-0.4, -0.2) is 24.4 Å². The molecule has 0 aliphatic carbocycles. The summed E-state index contributed by atoms with van der Waals surface area (Å²) in [7, 11) is 3.18. The largest absolute Gasteiger partial charge is 0.493 e. The summed E-state index contributed by atoms with van der Waals surface area (Å²) < 4.78 is 11.1. The molecule has 134 valence electrons. The van der Waals surface area contributed by atoms with E-state index in [0.717, 1.165) is 22.4 Å². The lowest BCUT2D eigenvalue weighted by Crippen LogP contribution is -2.29. The number of thiocarbonyl (C=S) groups is 1. The fraction of sp³-hybridized carbons (Fsp3) is 0.200. The molecule has 0 spiro atoms. The predicted molar refractivity (Wildman–Crippen MR) is 111 cm³/mol. The molecule has 2 aromatic carbocycles. The topological polar surface area (TPSA) is 38.8 Å². The molecule has 4 nitrogen and oxygen atoms in total. The minimum Gasteiger partial charge on any atom is -0.493 e. The van der Waals surface area contributed by atoms with Crippen molar-refractivity contribution >= 4 is 46.0 Å². The summed E-state index contributed by atoms with van der Waals surface area (Å²) in [6.07, 6.45) is 1.83. The smallest absolute Gasteiger partial charge is 0.270 e. The maximum Gasteiger partial charge on any atom is 0.270 e. The van der Waals surface area contributed by atoms with Gasteiger partial charge in [-0.1, -0.05) is 48.2 Å². The van der Waals surface area contributed by atoms with Crippen molar-refractivity contribution in [2.24, 2.45) is 0 Å². The number of methoxy groups -OCH3 is 2. The molecule has 1 saturated heterocycles. The number of rotatable bonds is 4. The zero-order chi connectivity index (χ0) is 18.8. The molecule has 1 heterocycles. The van der Waals surface area contributed by atoms with E-state index in [9.17, 15) is 4.79 Å². The number of ether oxygens (including phenoxy) is 2. The number of para-hydroxylation sites is 1. The lowest BCUT2D eigenvalue weighted by molar-refractivity contribution is -0.113. The van der Waals surface area contributed by atoms with Gasteiger partial charge in [-0.15, -0.1) is 0 Å². The Morgan fingerprint density at radius 3 is 2.31 bits per heavy atom. The minimum absolute atomic E-state index is 0.104. The molecule has 26 heavy (non-hydrogen) atoms. The average molecular weight is 386 g/mol. The summed E-state index contributed by atoms with van der Waals surface area (Å²) in [5, 5.41) is 0. The van der Waals surface area contributed by atoms with Gasteiger partial charge in [-0.25, -0.2) is 0 Å². The molecule has 2 aromatic rings. The molecule has 0 aromatic heterocycles. The fourth-order valence-corrected chi connectivity index (χ4v) is 4.18. The zero-order valence-electron chi connectivity index (χ0n) is 15.0. The summed E-state index contributed by atoms with van der Waals surface area (Å²) in [5.74, 6) is 1.16. The van der Waals surface area contributed by atoms with Crippen LogP contribution >= 0.6 is 24.0 Å². The standard InChI is InChI=1S/C20H19NO3S2/c1-12-6-5-7-13(2)18(12)21-19(22)17(26-20(21)25)11-14-8-9-15(23-3)16(10-14)24-4/h5-11H,1-4H3/b17-11-. The Labute approximate surface area is 162 Å². The van der Waals surface area contributed by atoms with Gasteiger partial charge in [0.05, 0.1) is 24.8 Å². The summed E-state index contributed by atoms with van der Waals surface area (Å²) in [6.45, 7) is 3.97. The first-order chi connectivity index (χ1) is 12.5. The highest BCUT2D eigenvalue weighted by atomic mass is 32.2. The van der Waals surface area contributed by atoms with Gasteiger partial charge in [0, 0.05) is 0 Å². The Morgan fingerprint density at radius 2 is 1.69 bits per heavy atom. The Morgan fingerprint density at radius 1 is 1.04 bits per heavy atom. The second kappa shape index (κ2) is 7.51. The third-order valence-corrected chi connectivity index (χ3v) is 5.46. The molecule has 0 radical (unpaired) electrons.